The van der Waals surface area contributed by atoms with E-state index in [0.29, 0.717) is 44.9 Å². The van der Waals surface area contributed by atoms with E-state index in [2.05, 4.69) is 20.9 Å². The van der Waals surface area contributed by atoms with Gasteiger partial charge in [-0.2, -0.15) is 0 Å². The molecule has 11 heteroatoms. The Morgan fingerprint density at radius 1 is 1.11 bits per heavy atom. The van der Waals surface area contributed by atoms with Gasteiger partial charge < -0.3 is 9.47 Å². The fraction of sp³-hybridized carbons (Fsp3) is 0.185. The number of nitro benzene ring substituents is 1. The smallest absolute Gasteiger partial charge is 0.269 e. The summed E-state index contributed by atoms with van der Waals surface area (Å²) in [5, 5.41) is 11.4. The lowest BCUT2D eigenvalue weighted by molar-refractivity contribution is -0.384. The molecule has 1 aliphatic heterocycles. The zero-order valence-electron chi connectivity index (χ0n) is 20.5. The Hall–Kier alpha value is -3.70. The topological polar surface area (TPSA) is 94.3 Å². The van der Waals surface area contributed by atoms with E-state index in [-0.39, 0.29) is 24.0 Å². The number of halogens is 2. The van der Waals surface area contributed by atoms with Crippen LogP contribution in [0.5, 0.6) is 11.5 Å². The molecular weight excluding hydrogens is 577 g/mol. The van der Waals surface area contributed by atoms with Gasteiger partial charge >= 0.3 is 0 Å². The Bertz CT molecular complexity index is 1410. The molecule has 0 aromatic heterocycles. The number of benzene rings is 3. The molecule has 3 aromatic carbocycles. The molecule has 1 fully saturated rings. The van der Waals surface area contributed by atoms with Crippen molar-refractivity contribution in [1.82, 2.24) is 4.90 Å². The number of amidine groups is 1. The van der Waals surface area contributed by atoms with Gasteiger partial charge in [0.15, 0.2) is 16.7 Å². The van der Waals surface area contributed by atoms with Crippen LogP contribution >= 0.6 is 27.7 Å². The van der Waals surface area contributed by atoms with Crippen molar-refractivity contribution in [2.24, 2.45) is 4.99 Å². The van der Waals surface area contributed by atoms with Gasteiger partial charge in [0.05, 0.1) is 26.6 Å². The molecule has 8 nitrogen and oxygen atoms in total. The maximum absolute atomic E-state index is 13.3. The first-order chi connectivity index (χ1) is 18.3. The van der Waals surface area contributed by atoms with Crippen LogP contribution < -0.4 is 9.47 Å². The van der Waals surface area contributed by atoms with Gasteiger partial charge in [0.1, 0.15) is 12.4 Å². The Balaban J connectivity index is 1.58. The highest BCUT2D eigenvalue weighted by molar-refractivity contribution is 9.10. The predicted octanol–water partition coefficient (Wildman–Crippen LogP) is 7.10. The minimum Gasteiger partial charge on any atom is -0.490 e. The standard InChI is InChI=1S/C27H23BrFN3O5S/c1-3-31-26(33)24(38-27(31)30-20-9-7-19(29)8-10-20)15-18-13-22(28)25(23(14-18)36-4-2)37-16-17-5-11-21(12-6-17)32(34)35/h5-15H,3-4,16H2,1-2H3/b24-15+,30-27?. The quantitative estimate of drug-likeness (QED) is 0.148. The molecule has 1 amide bonds. The molecule has 0 spiro atoms. The number of carbonyl (C=O) groups excluding carboxylic acids is 1. The average Bonchev–Trinajstić information content (AvgIpc) is 3.18. The summed E-state index contributed by atoms with van der Waals surface area (Å²) in [5.41, 5.74) is 2.04. The lowest BCUT2D eigenvalue weighted by Crippen LogP contribution is -2.28. The third-order valence-electron chi connectivity index (χ3n) is 5.42. The molecule has 0 unspecified atom stereocenters. The van der Waals surface area contributed by atoms with Crippen LogP contribution in [0.3, 0.4) is 0 Å². The second kappa shape index (κ2) is 12.2. The summed E-state index contributed by atoms with van der Waals surface area (Å²) in [4.78, 5) is 30.1. The molecule has 0 N–H and O–H groups in total. The summed E-state index contributed by atoms with van der Waals surface area (Å²) in [7, 11) is 0. The van der Waals surface area contributed by atoms with Crippen molar-refractivity contribution in [3.63, 3.8) is 0 Å². The highest BCUT2D eigenvalue weighted by Crippen LogP contribution is 2.40. The van der Waals surface area contributed by atoms with Gasteiger partial charge in [0.25, 0.3) is 11.6 Å². The fourth-order valence-corrected chi connectivity index (χ4v) is 5.23. The van der Waals surface area contributed by atoms with Crippen LogP contribution in [0.2, 0.25) is 0 Å². The molecular formula is C27H23BrFN3O5S. The first-order valence-corrected chi connectivity index (χ1v) is 13.3. The summed E-state index contributed by atoms with van der Waals surface area (Å²) in [5.74, 6) is 0.434. The van der Waals surface area contributed by atoms with Crippen molar-refractivity contribution in [1.29, 1.82) is 0 Å². The minimum absolute atomic E-state index is 0.00848. The summed E-state index contributed by atoms with van der Waals surface area (Å²) >= 11 is 4.79. The number of hydrogen-bond acceptors (Lipinski definition) is 7. The number of ether oxygens (including phenoxy) is 2. The number of amides is 1. The fourth-order valence-electron chi connectivity index (χ4n) is 3.59. The molecule has 1 heterocycles. The molecule has 1 aliphatic rings. The number of carbonyl (C=O) groups is 1. The highest BCUT2D eigenvalue weighted by Gasteiger charge is 2.32. The normalized spacial score (nSPS) is 15.4. The largest absolute Gasteiger partial charge is 0.490 e. The van der Waals surface area contributed by atoms with E-state index in [1.807, 2.05) is 19.9 Å². The Labute approximate surface area is 231 Å². The van der Waals surface area contributed by atoms with Crippen LogP contribution in [0, 0.1) is 15.9 Å². The van der Waals surface area contributed by atoms with E-state index in [1.165, 1.54) is 36.0 Å². The van der Waals surface area contributed by atoms with Gasteiger partial charge in [0.2, 0.25) is 0 Å². The zero-order valence-corrected chi connectivity index (χ0v) is 22.9. The molecule has 0 bridgehead atoms. The number of aliphatic imine (C=N–C) groups is 1. The lowest BCUT2D eigenvalue weighted by atomic mass is 10.1. The van der Waals surface area contributed by atoms with Crippen molar-refractivity contribution in [2.45, 2.75) is 20.5 Å². The SMILES string of the molecule is CCOc1cc(/C=C2/SC(=Nc3ccc(F)cc3)N(CC)C2=O)cc(Br)c1OCc1ccc([N+](=O)[O-])cc1. The molecule has 0 atom stereocenters. The van der Waals surface area contributed by atoms with E-state index in [9.17, 15) is 19.3 Å². The first kappa shape index (κ1) is 27.3. The third kappa shape index (κ3) is 6.40. The first-order valence-electron chi connectivity index (χ1n) is 11.7. The molecule has 0 aliphatic carbocycles. The van der Waals surface area contributed by atoms with Crippen molar-refractivity contribution in [3.05, 3.63) is 97.1 Å². The summed E-state index contributed by atoms with van der Waals surface area (Å²) < 4.78 is 25.7. The van der Waals surface area contributed by atoms with Gasteiger partial charge in [-0.05, 0) is 107 Å². The van der Waals surface area contributed by atoms with Crippen molar-refractivity contribution in [2.75, 3.05) is 13.2 Å². The zero-order chi connectivity index (χ0) is 27.2. The van der Waals surface area contributed by atoms with Crippen molar-refractivity contribution < 1.29 is 23.6 Å². The lowest BCUT2D eigenvalue weighted by Gasteiger charge is -2.15. The van der Waals surface area contributed by atoms with E-state index in [0.717, 1.165) is 11.1 Å². The van der Waals surface area contributed by atoms with E-state index >= 15 is 0 Å². The molecule has 196 valence electrons. The summed E-state index contributed by atoms with van der Waals surface area (Å²) in [6.07, 6.45) is 1.76. The maximum atomic E-state index is 13.3. The Morgan fingerprint density at radius 2 is 1.82 bits per heavy atom. The number of hydrogen-bond donors (Lipinski definition) is 0. The van der Waals surface area contributed by atoms with E-state index in [1.54, 1.807) is 41.3 Å². The average molecular weight is 600 g/mol. The van der Waals surface area contributed by atoms with Gasteiger partial charge in [0, 0.05) is 18.7 Å². The predicted molar refractivity (Wildman–Crippen MR) is 149 cm³/mol. The molecule has 1 saturated heterocycles. The van der Waals surface area contributed by atoms with E-state index in [4.69, 9.17) is 9.47 Å². The van der Waals surface area contributed by atoms with Crippen LogP contribution in [0.4, 0.5) is 15.8 Å². The van der Waals surface area contributed by atoms with Crippen LogP contribution in [-0.4, -0.2) is 34.0 Å². The number of thioether (sulfide) groups is 1. The number of likely N-dealkylation sites (N-methyl/N-ethyl adjacent to an activating group) is 1. The van der Waals surface area contributed by atoms with Crippen LogP contribution in [0.25, 0.3) is 6.08 Å². The highest BCUT2D eigenvalue weighted by atomic mass is 79.9. The molecule has 38 heavy (non-hydrogen) atoms. The second-order valence-corrected chi connectivity index (χ2v) is 9.87. The van der Waals surface area contributed by atoms with Crippen LogP contribution in [0.1, 0.15) is 25.0 Å². The third-order valence-corrected chi connectivity index (χ3v) is 7.01. The number of nitrogens with zero attached hydrogens (tertiary/aromatic N) is 3. The van der Waals surface area contributed by atoms with Gasteiger partial charge in [-0.1, -0.05) is 0 Å². The Morgan fingerprint density at radius 3 is 2.45 bits per heavy atom. The van der Waals surface area contributed by atoms with Crippen molar-refractivity contribution in [3.8, 4) is 11.5 Å². The Kier molecular flexibility index (Phi) is 8.80. The molecule has 3 aromatic rings. The summed E-state index contributed by atoms with van der Waals surface area (Å²) in [6.45, 7) is 4.73. The van der Waals surface area contributed by atoms with Gasteiger partial charge in [-0.25, -0.2) is 9.38 Å². The monoisotopic (exact) mass is 599 g/mol. The number of non-ortho nitro benzene ring substituents is 1. The molecule has 0 radical (unpaired) electrons. The van der Waals surface area contributed by atoms with Crippen LogP contribution in [-0.2, 0) is 11.4 Å². The minimum atomic E-state index is -0.452. The number of nitro groups is 1. The summed E-state index contributed by atoms with van der Waals surface area (Å²) in [6, 6.07) is 15.5. The van der Waals surface area contributed by atoms with E-state index < -0.39 is 4.92 Å². The molecule has 0 saturated carbocycles. The van der Waals surface area contributed by atoms with Crippen LogP contribution in [0.15, 0.2) is 75.0 Å². The maximum Gasteiger partial charge on any atom is 0.269 e. The number of rotatable bonds is 9. The van der Waals surface area contributed by atoms with Gasteiger partial charge in [-0.3, -0.25) is 19.8 Å². The van der Waals surface area contributed by atoms with Gasteiger partial charge in [-0.15, -0.1) is 0 Å². The second-order valence-electron chi connectivity index (χ2n) is 8.01. The molecule has 4 rings (SSSR count). The van der Waals surface area contributed by atoms with Crippen molar-refractivity contribution >= 4 is 56.2 Å².